The van der Waals surface area contributed by atoms with Gasteiger partial charge in [-0.1, -0.05) is 24.3 Å². The Morgan fingerprint density at radius 1 is 0.886 bits per heavy atom. The minimum atomic E-state index is -0.448. The Hall–Kier alpha value is -4.40. The zero-order chi connectivity index (χ0) is 24.8. The molecule has 0 atom stereocenters. The summed E-state index contributed by atoms with van der Waals surface area (Å²) in [7, 11) is 3.03. The van der Waals surface area contributed by atoms with Crippen molar-refractivity contribution in [2.45, 2.75) is 13.2 Å². The maximum Gasteiger partial charge on any atom is 0.262 e. The van der Waals surface area contributed by atoms with Gasteiger partial charge in [-0.05, 0) is 47.5 Å². The largest absolute Gasteiger partial charge is 0.493 e. The van der Waals surface area contributed by atoms with Gasteiger partial charge >= 0.3 is 0 Å². The normalized spacial score (nSPS) is 10.6. The van der Waals surface area contributed by atoms with Gasteiger partial charge in [0.2, 0.25) is 5.88 Å². The van der Waals surface area contributed by atoms with E-state index in [2.05, 4.69) is 10.4 Å². The van der Waals surface area contributed by atoms with Crippen LogP contribution < -0.4 is 19.5 Å². The highest BCUT2D eigenvalue weighted by Crippen LogP contribution is 2.30. The quantitative estimate of drug-likeness (QED) is 0.363. The van der Waals surface area contributed by atoms with E-state index in [1.165, 1.54) is 43.2 Å². The monoisotopic (exact) mass is 479 g/mol. The summed E-state index contributed by atoms with van der Waals surface area (Å²) in [5.41, 5.74) is 2.20. The number of hydrogen-bond donors (Lipinski definition) is 1. The first-order valence-corrected chi connectivity index (χ1v) is 10.7. The number of methoxy groups -OCH3 is 2. The van der Waals surface area contributed by atoms with Crippen LogP contribution >= 0.6 is 0 Å². The first-order chi connectivity index (χ1) is 16.9. The number of anilines is 1. The number of rotatable bonds is 9. The molecule has 0 aliphatic carbocycles. The number of nitrogens with one attached hydrogen (secondary N) is 1. The van der Waals surface area contributed by atoms with Gasteiger partial charge in [0, 0.05) is 18.0 Å². The summed E-state index contributed by atoms with van der Waals surface area (Å²) in [6, 6.07) is 16.8. The number of carbonyl (C=O) groups excluding carboxylic acids is 1. The first kappa shape index (κ1) is 23.7. The van der Waals surface area contributed by atoms with Gasteiger partial charge in [0.1, 0.15) is 23.8 Å². The lowest BCUT2D eigenvalue weighted by Gasteiger charge is -2.11. The van der Waals surface area contributed by atoms with Crippen LogP contribution in [0.1, 0.15) is 21.5 Å². The lowest BCUT2D eigenvalue weighted by molar-refractivity contribution is 0.102. The van der Waals surface area contributed by atoms with Crippen LogP contribution in [0.2, 0.25) is 0 Å². The van der Waals surface area contributed by atoms with Crippen molar-refractivity contribution in [2.24, 2.45) is 0 Å². The second kappa shape index (κ2) is 10.7. The number of amides is 1. The molecule has 0 spiro atoms. The van der Waals surface area contributed by atoms with Crippen molar-refractivity contribution in [2.75, 3.05) is 19.5 Å². The van der Waals surface area contributed by atoms with E-state index in [4.69, 9.17) is 14.2 Å². The summed E-state index contributed by atoms with van der Waals surface area (Å²) in [4.78, 5) is 13.1. The van der Waals surface area contributed by atoms with Crippen LogP contribution in [0.25, 0.3) is 0 Å². The molecule has 3 aromatic carbocycles. The van der Waals surface area contributed by atoms with Crippen molar-refractivity contribution >= 4 is 11.6 Å². The Balaban J connectivity index is 1.58. The highest BCUT2D eigenvalue weighted by molar-refractivity contribution is 6.05. The van der Waals surface area contributed by atoms with Crippen LogP contribution in [0, 0.1) is 11.6 Å². The smallest absolute Gasteiger partial charge is 0.262 e. The molecular weight excluding hydrogens is 456 g/mol. The standard InChI is InChI=1S/C26H23F2N3O4/c1-33-23-12-11-21(13-24(23)34-2)29-25(32)22-15-31(14-17-3-7-19(27)8-4-17)30-26(22)35-16-18-5-9-20(28)10-6-18/h3-13,15H,14,16H2,1-2H3,(H,29,32). The molecule has 0 bridgehead atoms. The average Bonchev–Trinajstić information content (AvgIpc) is 3.27. The molecule has 1 aromatic heterocycles. The van der Waals surface area contributed by atoms with E-state index < -0.39 is 5.91 Å². The highest BCUT2D eigenvalue weighted by atomic mass is 19.1. The van der Waals surface area contributed by atoms with Crippen molar-refractivity contribution in [3.8, 4) is 17.4 Å². The van der Waals surface area contributed by atoms with Crippen LogP contribution in [0.5, 0.6) is 17.4 Å². The molecule has 0 aliphatic heterocycles. The Labute approximate surface area is 200 Å². The van der Waals surface area contributed by atoms with Gasteiger partial charge < -0.3 is 19.5 Å². The summed E-state index contributed by atoms with van der Waals surface area (Å²) >= 11 is 0. The highest BCUT2D eigenvalue weighted by Gasteiger charge is 2.19. The number of hydrogen-bond acceptors (Lipinski definition) is 5. The summed E-state index contributed by atoms with van der Waals surface area (Å²) < 4.78 is 44.4. The lowest BCUT2D eigenvalue weighted by atomic mass is 10.2. The third-order valence-corrected chi connectivity index (χ3v) is 5.16. The number of halogens is 2. The molecule has 1 heterocycles. The fraction of sp³-hybridized carbons (Fsp3) is 0.154. The second-order valence-corrected chi connectivity index (χ2v) is 7.61. The van der Waals surface area contributed by atoms with Gasteiger partial charge in [0.25, 0.3) is 5.91 Å². The fourth-order valence-corrected chi connectivity index (χ4v) is 3.37. The van der Waals surface area contributed by atoms with Gasteiger partial charge in [-0.3, -0.25) is 9.48 Å². The molecule has 180 valence electrons. The molecule has 4 rings (SSSR count). The molecule has 1 N–H and O–H groups in total. The molecule has 0 radical (unpaired) electrons. The Morgan fingerprint density at radius 3 is 2.14 bits per heavy atom. The molecule has 0 saturated heterocycles. The fourth-order valence-electron chi connectivity index (χ4n) is 3.37. The van der Waals surface area contributed by atoms with E-state index in [0.29, 0.717) is 29.3 Å². The molecule has 7 nitrogen and oxygen atoms in total. The van der Waals surface area contributed by atoms with Crippen molar-refractivity contribution < 1.29 is 27.8 Å². The van der Waals surface area contributed by atoms with Gasteiger partial charge in [0.05, 0.1) is 20.8 Å². The Kier molecular flexibility index (Phi) is 7.25. The second-order valence-electron chi connectivity index (χ2n) is 7.61. The molecular formula is C26H23F2N3O4. The lowest BCUT2D eigenvalue weighted by Crippen LogP contribution is -2.13. The number of ether oxygens (including phenoxy) is 3. The van der Waals surface area contributed by atoms with Crippen molar-refractivity contribution in [3.63, 3.8) is 0 Å². The van der Waals surface area contributed by atoms with Crippen molar-refractivity contribution in [3.05, 3.63) is 101 Å². The maximum absolute atomic E-state index is 13.3. The topological polar surface area (TPSA) is 74.6 Å². The molecule has 9 heteroatoms. The van der Waals surface area contributed by atoms with Crippen LogP contribution in [-0.4, -0.2) is 29.9 Å². The van der Waals surface area contributed by atoms with Gasteiger partial charge in [-0.2, -0.15) is 0 Å². The molecule has 0 saturated carbocycles. The number of aromatic nitrogens is 2. The van der Waals surface area contributed by atoms with Crippen molar-refractivity contribution in [1.29, 1.82) is 0 Å². The van der Waals surface area contributed by atoms with Gasteiger partial charge in [0.15, 0.2) is 11.5 Å². The number of benzene rings is 3. The van der Waals surface area contributed by atoms with Crippen LogP contribution in [-0.2, 0) is 13.2 Å². The predicted molar refractivity (Wildman–Crippen MR) is 126 cm³/mol. The minimum absolute atomic E-state index is 0.0878. The average molecular weight is 479 g/mol. The van der Waals surface area contributed by atoms with Gasteiger partial charge in [-0.25, -0.2) is 8.78 Å². The molecule has 35 heavy (non-hydrogen) atoms. The summed E-state index contributed by atoms with van der Waals surface area (Å²) in [6.45, 7) is 0.390. The third-order valence-electron chi connectivity index (χ3n) is 5.16. The zero-order valence-electron chi connectivity index (χ0n) is 19.1. The number of nitrogens with zero attached hydrogens (tertiary/aromatic N) is 2. The molecule has 0 aliphatic rings. The van der Waals surface area contributed by atoms with E-state index in [-0.39, 0.29) is 29.7 Å². The summed E-state index contributed by atoms with van der Waals surface area (Å²) in [6.07, 6.45) is 1.56. The minimum Gasteiger partial charge on any atom is -0.493 e. The van der Waals surface area contributed by atoms with E-state index in [1.807, 2.05) is 0 Å². The van der Waals surface area contributed by atoms with Crippen LogP contribution in [0.3, 0.4) is 0 Å². The SMILES string of the molecule is COc1ccc(NC(=O)c2cn(Cc3ccc(F)cc3)nc2OCc2ccc(F)cc2)cc1OC. The Morgan fingerprint density at radius 2 is 1.51 bits per heavy atom. The predicted octanol–water partition coefficient (Wildman–Crippen LogP) is 5.06. The van der Waals surface area contributed by atoms with E-state index >= 15 is 0 Å². The van der Waals surface area contributed by atoms with E-state index in [0.717, 1.165) is 5.56 Å². The first-order valence-electron chi connectivity index (χ1n) is 10.7. The van der Waals surface area contributed by atoms with Crippen LogP contribution in [0.15, 0.2) is 72.9 Å². The van der Waals surface area contributed by atoms with E-state index in [9.17, 15) is 13.6 Å². The number of carbonyl (C=O) groups is 1. The summed E-state index contributed by atoms with van der Waals surface area (Å²) in [5, 5.41) is 7.21. The molecule has 4 aromatic rings. The zero-order valence-corrected chi connectivity index (χ0v) is 19.1. The molecule has 0 fully saturated rings. The molecule has 0 unspecified atom stereocenters. The third kappa shape index (κ3) is 5.94. The van der Waals surface area contributed by atoms with Crippen LogP contribution in [0.4, 0.5) is 14.5 Å². The molecule has 1 amide bonds. The van der Waals surface area contributed by atoms with Crippen molar-refractivity contribution in [1.82, 2.24) is 9.78 Å². The maximum atomic E-state index is 13.3. The van der Waals surface area contributed by atoms with Gasteiger partial charge in [-0.15, -0.1) is 5.10 Å². The van der Waals surface area contributed by atoms with E-state index in [1.54, 1.807) is 48.7 Å². The summed E-state index contributed by atoms with van der Waals surface area (Å²) in [5.74, 6) is -0.0445. The Bertz CT molecular complexity index is 1310.